The van der Waals surface area contributed by atoms with Gasteiger partial charge in [0.1, 0.15) is 0 Å². The number of likely N-dealkylation sites (N-methyl/N-ethyl adjacent to an activating group) is 1. The van der Waals surface area contributed by atoms with Gasteiger partial charge < -0.3 is 15.4 Å². The molecule has 130 valence electrons. The first-order valence-corrected chi connectivity index (χ1v) is 7.15. The van der Waals surface area contributed by atoms with E-state index in [1.54, 1.807) is 14.0 Å². The Morgan fingerprint density at radius 3 is 2.61 bits per heavy atom. The minimum Gasteiger partial charge on any atom is -0.469 e. The lowest BCUT2D eigenvalue weighted by Crippen LogP contribution is -2.43. The maximum Gasteiger partial charge on any atom is 0.333 e. The Morgan fingerprint density at radius 2 is 2.13 bits per heavy atom. The van der Waals surface area contributed by atoms with Crippen molar-refractivity contribution in [1.82, 2.24) is 14.7 Å². The van der Waals surface area contributed by atoms with Gasteiger partial charge in [0.2, 0.25) is 5.91 Å². The van der Waals surface area contributed by atoms with Crippen LogP contribution in [0.1, 0.15) is 25.6 Å². The fraction of sp³-hybridized carbons (Fsp3) is 0.643. The lowest BCUT2D eigenvalue weighted by Gasteiger charge is -2.27. The van der Waals surface area contributed by atoms with Crippen molar-refractivity contribution in [3.63, 3.8) is 0 Å². The number of nitrogens with zero attached hydrogens (tertiary/aromatic N) is 3. The Labute approximate surface area is 133 Å². The number of aromatic nitrogens is 2. The highest BCUT2D eigenvalue weighted by Crippen LogP contribution is 2.17. The number of alkyl halides is 2. The molecule has 0 radical (unpaired) electrons. The highest BCUT2D eigenvalue weighted by atomic mass is 19.3. The molecule has 0 aliphatic heterocycles. The zero-order valence-electron chi connectivity index (χ0n) is 13.4. The molecule has 1 rings (SSSR count). The quantitative estimate of drug-likeness (QED) is 0.711. The van der Waals surface area contributed by atoms with E-state index in [1.807, 2.05) is 0 Å². The number of ether oxygens (including phenoxy) is 1. The Bertz CT molecular complexity index is 536. The molecule has 0 saturated carbocycles. The summed E-state index contributed by atoms with van der Waals surface area (Å²) in [6, 6.07) is 1.19. The van der Waals surface area contributed by atoms with Crippen LogP contribution in [-0.2, 0) is 20.7 Å². The number of esters is 1. The predicted octanol–water partition coefficient (Wildman–Crippen LogP) is 0.806. The molecule has 0 aliphatic carbocycles. The van der Waals surface area contributed by atoms with E-state index in [2.05, 4.69) is 9.84 Å². The van der Waals surface area contributed by atoms with Gasteiger partial charge in [-0.05, 0) is 13.0 Å². The topological polar surface area (TPSA) is 90.5 Å². The average Bonchev–Trinajstić information content (AvgIpc) is 3.00. The number of rotatable bonds is 8. The van der Waals surface area contributed by atoms with Gasteiger partial charge in [-0.2, -0.15) is 13.9 Å². The van der Waals surface area contributed by atoms with Crippen molar-refractivity contribution in [3.05, 3.63) is 18.0 Å². The third kappa shape index (κ3) is 5.27. The van der Waals surface area contributed by atoms with Crippen LogP contribution in [0.15, 0.2) is 12.3 Å². The molecule has 0 saturated heterocycles. The summed E-state index contributed by atoms with van der Waals surface area (Å²) in [5.74, 6) is -1.60. The van der Waals surface area contributed by atoms with E-state index in [0.29, 0.717) is 10.4 Å². The number of methoxy groups -OCH3 is 1. The first-order valence-electron chi connectivity index (χ1n) is 7.15. The molecule has 1 amide bonds. The van der Waals surface area contributed by atoms with Crippen LogP contribution < -0.4 is 5.73 Å². The number of hydrogen-bond acceptors (Lipinski definition) is 5. The molecular weight excluding hydrogens is 310 g/mol. The van der Waals surface area contributed by atoms with Crippen molar-refractivity contribution in [2.24, 2.45) is 11.7 Å². The normalized spacial score (nSPS) is 13.7. The molecule has 2 N–H and O–H groups in total. The second-order valence-electron chi connectivity index (χ2n) is 5.28. The average molecular weight is 332 g/mol. The first-order chi connectivity index (χ1) is 10.8. The Hall–Kier alpha value is -2.03. The van der Waals surface area contributed by atoms with Gasteiger partial charge in [-0.15, -0.1) is 0 Å². The molecule has 1 aromatic heterocycles. The second-order valence-corrected chi connectivity index (χ2v) is 5.28. The summed E-state index contributed by atoms with van der Waals surface area (Å²) in [4.78, 5) is 25.5. The van der Waals surface area contributed by atoms with Crippen molar-refractivity contribution in [1.29, 1.82) is 0 Å². The van der Waals surface area contributed by atoms with Crippen LogP contribution in [0.5, 0.6) is 0 Å². The van der Waals surface area contributed by atoms with Crippen LogP contribution in [0.3, 0.4) is 0 Å². The number of hydrogen-bond donors (Lipinski definition) is 1. The van der Waals surface area contributed by atoms with E-state index in [-0.39, 0.29) is 31.3 Å². The highest BCUT2D eigenvalue weighted by molar-refractivity contribution is 5.84. The van der Waals surface area contributed by atoms with Crippen LogP contribution in [0.2, 0.25) is 0 Å². The van der Waals surface area contributed by atoms with E-state index < -0.39 is 18.4 Å². The van der Waals surface area contributed by atoms with Crippen molar-refractivity contribution in [2.75, 3.05) is 20.7 Å². The standard InChI is InChI=1S/C14H22F2N4O3/c1-9(8-17)19(2)13(22)10(7-12(21)23-3)6-11-4-5-20(18-11)14(15)16/h4-5,9-10,14H,6-8,17H2,1-3H3/t9-,10+/m0/s1. The molecule has 2 atom stereocenters. The fourth-order valence-corrected chi connectivity index (χ4v) is 2.04. The smallest absolute Gasteiger partial charge is 0.333 e. The lowest BCUT2D eigenvalue weighted by atomic mass is 9.97. The van der Waals surface area contributed by atoms with Gasteiger partial charge in [-0.25, -0.2) is 4.68 Å². The van der Waals surface area contributed by atoms with Crippen molar-refractivity contribution < 1.29 is 23.1 Å². The Balaban J connectivity index is 2.90. The number of carbonyl (C=O) groups is 2. The number of nitrogens with two attached hydrogens (primary N) is 1. The largest absolute Gasteiger partial charge is 0.469 e. The molecule has 7 nitrogen and oxygen atoms in total. The molecule has 0 aromatic carbocycles. The van der Waals surface area contributed by atoms with Crippen LogP contribution in [0, 0.1) is 5.92 Å². The summed E-state index contributed by atoms with van der Waals surface area (Å²) in [5.41, 5.74) is 5.85. The third-order valence-electron chi connectivity index (χ3n) is 3.66. The van der Waals surface area contributed by atoms with Gasteiger partial charge in [0.05, 0.1) is 25.1 Å². The van der Waals surface area contributed by atoms with E-state index in [1.165, 1.54) is 18.1 Å². The maximum atomic E-state index is 12.6. The maximum absolute atomic E-state index is 12.6. The van der Waals surface area contributed by atoms with Crippen LogP contribution in [0.25, 0.3) is 0 Å². The predicted molar refractivity (Wildman–Crippen MR) is 78.6 cm³/mol. The summed E-state index contributed by atoms with van der Waals surface area (Å²) in [7, 11) is 2.81. The van der Waals surface area contributed by atoms with E-state index in [4.69, 9.17) is 5.73 Å². The molecule has 23 heavy (non-hydrogen) atoms. The van der Waals surface area contributed by atoms with Crippen molar-refractivity contribution in [2.45, 2.75) is 32.4 Å². The lowest BCUT2D eigenvalue weighted by molar-refractivity contribution is -0.147. The molecule has 0 bridgehead atoms. The van der Waals surface area contributed by atoms with Gasteiger partial charge in [-0.3, -0.25) is 9.59 Å². The molecule has 0 spiro atoms. The van der Waals surface area contributed by atoms with E-state index >= 15 is 0 Å². The molecular formula is C14H22F2N4O3. The first kappa shape index (κ1) is 19.0. The van der Waals surface area contributed by atoms with Gasteiger partial charge in [0, 0.05) is 32.3 Å². The molecule has 0 aliphatic rings. The molecule has 1 heterocycles. The van der Waals surface area contributed by atoms with E-state index in [0.717, 1.165) is 6.20 Å². The molecule has 0 unspecified atom stereocenters. The van der Waals surface area contributed by atoms with Crippen molar-refractivity contribution >= 4 is 11.9 Å². The van der Waals surface area contributed by atoms with Crippen molar-refractivity contribution in [3.8, 4) is 0 Å². The summed E-state index contributed by atoms with van der Waals surface area (Å²) in [5, 5.41) is 3.71. The molecule has 9 heteroatoms. The van der Waals surface area contributed by atoms with Gasteiger partial charge in [0.15, 0.2) is 0 Å². The fourth-order valence-electron chi connectivity index (χ4n) is 2.04. The number of carbonyl (C=O) groups excluding carboxylic acids is 2. The van der Waals surface area contributed by atoms with Gasteiger partial charge in [0.25, 0.3) is 0 Å². The molecule has 0 fully saturated rings. The third-order valence-corrected chi connectivity index (χ3v) is 3.66. The van der Waals surface area contributed by atoms with Gasteiger partial charge >= 0.3 is 12.5 Å². The van der Waals surface area contributed by atoms with E-state index in [9.17, 15) is 18.4 Å². The number of amides is 1. The minimum absolute atomic E-state index is 0.0648. The van der Waals surface area contributed by atoms with Crippen LogP contribution >= 0.6 is 0 Å². The Kier molecular flexibility index (Phi) is 7.08. The SMILES string of the molecule is COC(=O)C[C@@H](Cc1ccn(C(F)F)n1)C(=O)N(C)[C@@H](C)CN. The highest BCUT2D eigenvalue weighted by Gasteiger charge is 2.28. The summed E-state index contributed by atoms with van der Waals surface area (Å²) in [6.45, 7) is -0.704. The zero-order chi connectivity index (χ0) is 17.6. The Morgan fingerprint density at radius 1 is 1.48 bits per heavy atom. The minimum atomic E-state index is -2.75. The van der Waals surface area contributed by atoms with Gasteiger partial charge in [-0.1, -0.05) is 0 Å². The molecule has 1 aromatic rings. The second kappa shape index (κ2) is 8.56. The summed E-state index contributed by atoms with van der Waals surface area (Å²) >= 11 is 0. The summed E-state index contributed by atoms with van der Waals surface area (Å²) < 4.78 is 30.2. The van der Waals surface area contributed by atoms with Crippen LogP contribution in [0.4, 0.5) is 8.78 Å². The zero-order valence-corrected chi connectivity index (χ0v) is 13.4. The number of halogens is 2. The van der Waals surface area contributed by atoms with Crippen LogP contribution in [-0.4, -0.2) is 53.3 Å². The summed E-state index contributed by atoms with van der Waals surface area (Å²) in [6.07, 6.45) is 1.04. The monoisotopic (exact) mass is 332 g/mol.